The van der Waals surface area contributed by atoms with Crippen molar-refractivity contribution < 1.29 is 13.9 Å². The first kappa shape index (κ1) is 23.4. The van der Waals surface area contributed by atoms with Gasteiger partial charge in [-0.05, 0) is 55.8 Å². The van der Waals surface area contributed by atoms with E-state index >= 15 is 0 Å². The van der Waals surface area contributed by atoms with Crippen molar-refractivity contribution in [3.63, 3.8) is 0 Å². The maximum absolute atomic E-state index is 14.2. The zero-order valence-corrected chi connectivity index (χ0v) is 20.7. The number of anilines is 4. The predicted molar refractivity (Wildman–Crippen MR) is 144 cm³/mol. The van der Waals surface area contributed by atoms with Crippen molar-refractivity contribution in [2.24, 2.45) is 0 Å². The Morgan fingerprint density at radius 2 is 1.84 bits per heavy atom. The Kier molecular flexibility index (Phi) is 6.18. The van der Waals surface area contributed by atoms with Crippen LogP contribution in [0.1, 0.15) is 18.4 Å². The van der Waals surface area contributed by atoms with Crippen molar-refractivity contribution >= 4 is 39.6 Å². The Bertz CT molecular complexity index is 1470. The molecule has 6 rings (SSSR count). The summed E-state index contributed by atoms with van der Waals surface area (Å²) in [4.78, 5) is 26.0. The highest BCUT2D eigenvalue weighted by Crippen LogP contribution is 2.37. The van der Waals surface area contributed by atoms with Crippen molar-refractivity contribution in [2.75, 3.05) is 48.0 Å². The number of rotatable bonds is 5. The number of ether oxygens (including phenoxy) is 1. The molecule has 4 aromatic rings. The van der Waals surface area contributed by atoms with Crippen molar-refractivity contribution in [3.8, 4) is 11.4 Å². The number of hydrogen-bond acceptors (Lipinski definition) is 6. The highest BCUT2D eigenvalue weighted by Gasteiger charge is 2.24. The number of halogens is 1. The molecule has 4 heterocycles. The summed E-state index contributed by atoms with van der Waals surface area (Å²) in [6.45, 7) is 5.63. The molecular formula is C29H28FN5O2. The van der Waals surface area contributed by atoms with Crippen LogP contribution in [0.5, 0.6) is 0 Å². The lowest BCUT2D eigenvalue weighted by Gasteiger charge is -2.30. The fourth-order valence-electron chi connectivity index (χ4n) is 5.14. The zero-order valence-electron chi connectivity index (χ0n) is 20.7. The summed E-state index contributed by atoms with van der Waals surface area (Å²) in [5.74, 6) is -0.200. The molecular weight excluding hydrogens is 469 g/mol. The molecule has 0 atom stereocenters. The zero-order chi connectivity index (χ0) is 25.4. The number of nitrogens with one attached hydrogen (secondary N) is 1. The third-order valence-corrected chi connectivity index (χ3v) is 7.03. The van der Waals surface area contributed by atoms with Crippen LogP contribution in [0.15, 0.2) is 60.8 Å². The molecule has 0 unspecified atom stereocenters. The minimum atomic E-state index is -0.342. The Labute approximate surface area is 214 Å². The minimum absolute atomic E-state index is 0.142. The number of aromatic nitrogens is 2. The van der Waals surface area contributed by atoms with E-state index in [2.05, 4.69) is 27.3 Å². The summed E-state index contributed by atoms with van der Waals surface area (Å²) in [5, 5.41) is 4.43. The lowest BCUT2D eigenvalue weighted by Crippen LogP contribution is -2.36. The first-order valence-electron chi connectivity index (χ1n) is 12.6. The standard InChI is InChI=1S/C29H28FN5O2/c1-19-28(24-8-7-20(30)15-26(24)33-29(19)25-5-2-3-9-31-25)32-21-16-22(34-11-13-37-14-12-34)18-23(17-21)35-10-4-6-27(35)36/h2-3,5,7-9,15-18H,4,6,10-14H2,1H3,(H,32,33). The molecule has 0 saturated carbocycles. The Morgan fingerprint density at radius 1 is 1.00 bits per heavy atom. The van der Waals surface area contributed by atoms with Crippen molar-refractivity contribution in [3.05, 3.63) is 72.2 Å². The smallest absolute Gasteiger partial charge is 0.227 e. The largest absolute Gasteiger partial charge is 0.378 e. The third kappa shape index (κ3) is 4.60. The van der Waals surface area contributed by atoms with Gasteiger partial charge in [-0.3, -0.25) is 9.78 Å². The molecule has 7 nitrogen and oxygen atoms in total. The summed E-state index contributed by atoms with van der Waals surface area (Å²) in [7, 11) is 0. The molecule has 2 aliphatic rings. The van der Waals surface area contributed by atoms with E-state index in [9.17, 15) is 9.18 Å². The van der Waals surface area contributed by atoms with Crippen LogP contribution in [0, 0.1) is 12.7 Å². The summed E-state index contributed by atoms with van der Waals surface area (Å²) in [5.41, 5.74) is 6.48. The molecule has 2 fully saturated rings. The van der Waals surface area contributed by atoms with E-state index in [1.165, 1.54) is 12.1 Å². The molecule has 0 radical (unpaired) electrons. The summed E-state index contributed by atoms with van der Waals surface area (Å²) >= 11 is 0. The SMILES string of the molecule is Cc1c(-c2ccccn2)nc2cc(F)ccc2c1Nc1cc(N2CCOCC2)cc(N2CCCC2=O)c1. The van der Waals surface area contributed by atoms with Gasteiger partial charge in [0.2, 0.25) is 5.91 Å². The van der Waals surface area contributed by atoms with Gasteiger partial charge in [0.1, 0.15) is 5.82 Å². The van der Waals surface area contributed by atoms with E-state index in [-0.39, 0.29) is 11.7 Å². The molecule has 1 amide bonds. The van der Waals surface area contributed by atoms with E-state index in [0.29, 0.717) is 37.4 Å². The maximum Gasteiger partial charge on any atom is 0.227 e. The van der Waals surface area contributed by atoms with Gasteiger partial charge >= 0.3 is 0 Å². The number of fused-ring (bicyclic) bond motifs is 1. The molecule has 0 bridgehead atoms. The average molecular weight is 498 g/mol. The quantitative estimate of drug-likeness (QED) is 0.395. The number of amides is 1. The fraction of sp³-hybridized carbons (Fsp3) is 0.276. The van der Waals surface area contributed by atoms with Crippen LogP contribution in [0.2, 0.25) is 0 Å². The van der Waals surface area contributed by atoms with Gasteiger partial charge in [0.15, 0.2) is 0 Å². The number of hydrogen-bond donors (Lipinski definition) is 1. The van der Waals surface area contributed by atoms with Crippen LogP contribution < -0.4 is 15.1 Å². The number of benzene rings is 2. The monoisotopic (exact) mass is 497 g/mol. The second-order valence-corrected chi connectivity index (χ2v) is 9.45. The minimum Gasteiger partial charge on any atom is -0.378 e. The number of pyridine rings is 2. The normalized spacial score (nSPS) is 16.0. The van der Waals surface area contributed by atoms with Crippen molar-refractivity contribution in [1.29, 1.82) is 0 Å². The Hall–Kier alpha value is -4.04. The van der Waals surface area contributed by atoms with Crippen LogP contribution in [-0.2, 0) is 9.53 Å². The van der Waals surface area contributed by atoms with Crippen molar-refractivity contribution in [2.45, 2.75) is 19.8 Å². The van der Waals surface area contributed by atoms with Gasteiger partial charge in [0, 0.05) is 66.3 Å². The molecule has 188 valence electrons. The molecule has 0 aliphatic carbocycles. The van der Waals surface area contributed by atoms with E-state index in [0.717, 1.165) is 58.9 Å². The molecule has 2 aromatic heterocycles. The van der Waals surface area contributed by atoms with E-state index < -0.39 is 0 Å². The Balaban J connectivity index is 1.49. The molecule has 8 heteroatoms. The Morgan fingerprint density at radius 3 is 2.59 bits per heavy atom. The number of morpholine rings is 1. The third-order valence-electron chi connectivity index (χ3n) is 7.03. The van der Waals surface area contributed by atoms with Gasteiger partial charge in [-0.1, -0.05) is 6.07 Å². The first-order chi connectivity index (χ1) is 18.1. The van der Waals surface area contributed by atoms with Crippen LogP contribution in [0.3, 0.4) is 0 Å². The average Bonchev–Trinajstić information content (AvgIpc) is 3.36. The van der Waals surface area contributed by atoms with Crippen LogP contribution in [0.25, 0.3) is 22.3 Å². The number of carbonyl (C=O) groups excluding carboxylic acids is 1. The van der Waals surface area contributed by atoms with E-state index in [4.69, 9.17) is 9.72 Å². The van der Waals surface area contributed by atoms with Crippen molar-refractivity contribution in [1.82, 2.24) is 9.97 Å². The first-order valence-corrected chi connectivity index (χ1v) is 12.6. The highest BCUT2D eigenvalue weighted by molar-refractivity contribution is 5.99. The molecule has 2 saturated heterocycles. The number of carbonyl (C=O) groups is 1. The van der Waals surface area contributed by atoms with Gasteiger partial charge < -0.3 is 19.9 Å². The number of nitrogens with zero attached hydrogens (tertiary/aromatic N) is 4. The lowest BCUT2D eigenvalue weighted by molar-refractivity contribution is -0.117. The van der Waals surface area contributed by atoms with Crippen LogP contribution in [-0.4, -0.2) is 48.7 Å². The van der Waals surface area contributed by atoms with E-state index in [1.54, 1.807) is 12.3 Å². The van der Waals surface area contributed by atoms with Gasteiger partial charge in [0.05, 0.1) is 35.8 Å². The topological polar surface area (TPSA) is 70.6 Å². The molecule has 0 spiro atoms. The van der Waals surface area contributed by atoms with Crippen LogP contribution >= 0.6 is 0 Å². The second kappa shape index (κ2) is 9.78. The molecule has 2 aromatic carbocycles. The molecule has 37 heavy (non-hydrogen) atoms. The summed E-state index contributed by atoms with van der Waals surface area (Å²) in [6.07, 6.45) is 3.15. The summed E-state index contributed by atoms with van der Waals surface area (Å²) < 4.78 is 19.8. The summed E-state index contributed by atoms with van der Waals surface area (Å²) in [6, 6.07) is 16.5. The lowest BCUT2D eigenvalue weighted by atomic mass is 10.0. The van der Waals surface area contributed by atoms with E-state index in [1.807, 2.05) is 36.1 Å². The molecule has 1 N–H and O–H groups in total. The van der Waals surface area contributed by atoms with Gasteiger partial charge in [0.25, 0.3) is 0 Å². The fourth-order valence-corrected chi connectivity index (χ4v) is 5.14. The highest BCUT2D eigenvalue weighted by atomic mass is 19.1. The predicted octanol–water partition coefficient (Wildman–Crippen LogP) is 5.45. The maximum atomic E-state index is 14.2. The van der Waals surface area contributed by atoms with Gasteiger partial charge in [-0.15, -0.1) is 0 Å². The van der Waals surface area contributed by atoms with Gasteiger partial charge in [-0.25, -0.2) is 9.37 Å². The second-order valence-electron chi connectivity index (χ2n) is 9.45. The van der Waals surface area contributed by atoms with Gasteiger partial charge in [-0.2, -0.15) is 0 Å². The van der Waals surface area contributed by atoms with Crippen LogP contribution in [0.4, 0.5) is 27.1 Å². The molecule has 2 aliphatic heterocycles.